The fraction of sp³-hybridized carbons (Fsp3) is 0.438. The van der Waals surface area contributed by atoms with E-state index in [0.29, 0.717) is 5.56 Å². The molecule has 0 saturated carbocycles. The molecule has 1 aliphatic heterocycles. The number of carbonyl (C=O) groups excluding carboxylic acids is 1. The van der Waals surface area contributed by atoms with Crippen molar-refractivity contribution in [3.8, 4) is 0 Å². The zero-order valence-corrected chi connectivity index (χ0v) is 12.1. The van der Waals surface area contributed by atoms with Crippen LogP contribution in [0.5, 0.6) is 0 Å². The minimum Gasteiger partial charge on any atom is -0.447 e. The molecule has 0 unspecified atom stereocenters. The number of benzene rings is 1. The second kappa shape index (κ2) is 5.77. The van der Waals surface area contributed by atoms with E-state index in [2.05, 4.69) is 19.9 Å². The van der Waals surface area contributed by atoms with Gasteiger partial charge in [0.15, 0.2) is 0 Å². The minimum atomic E-state index is -2.42. The average Bonchev–Trinajstić information content (AvgIpc) is 3.04. The van der Waals surface area contributed by atoms with E-state index >= 15 is 0 Å². The predicted octanol–water partition coefficient (Wildman–Crippen LogP) is 1.92. The van der Waals surface area contributed by atoms with Gasteiger partial charge < -0.3 is 19.9 Å². The first-order valence-electron chi connectivity index (χ1n) is 8.86. The number of amides is 1. The van der Waals surface area contributed by atoms with Gasteiger partial charge in [-0.05, 0) is 50.1 Å². The highest BCUT2D eigenvalue weighted by Gasteiger charge is 2.22. The third-order valence-electron chi connectivity index (χ3n) is 3.44. The summed E-state index contributed by atoms with van der Waals surface area (Å²) in [5, 5.41) is 3.15. The quantitative estimate of drug-likeness (QED) is 0.885. The third kappa shape index (κ3) is 3.19. The molecule has 1 aromatic carbocycles. The van der Waals surface area contributed by atoms with Crippen molar-refractivity contribution in [2.45, 2.75) is 18.8 Å². The number of rotatable bonds is 5. The molecule has 1 aromatic heterocycles. The van der Waals surface area contributed by atoms with Crippen LogP contribution in [0.15, 0.2) is 24.4 Å². The molecule has 3 rings (SSSR count). The van der Waals surface area contributed by atoms with Crippen LogP contribution in [-0.4, -0.2) is 49.2 Å². The van der Waals surface area contributed by atoms with Gasteiger partial charge in [-0.15, -0.1) is 0 Å². The summed E-state index contributed by atoms with van der Waals surface area (Å²) in [7, 11) is 3.98. The topological polar surface area (TPSA) is 57.4 Å². The second-order valence-electron chi connectivity index (χ2n) is 5.36. The summed E-state index contributed by atoms with van der Waals surface area (Å²) in [6.45, 7) is -1.55. The third-order valence-corrected chi connectivity index (χ3v) is 3.44. The van der Waals surface area contributed by atoms with Gasteiger partial charge in [-0.3, -0.25) is 0 Å². The maximum atomic E-state index is 11.4. The molecule has 5 nitrogen and oxygen atoms in total. The van der Waals surface area contributed by atoms with E-state index in [4.69, 9.17) is 5.48 Å². The van der Waals surface area contributed by atoms with Crippen LogP contribution in [0.25, 0.3) is 10.9 Å². The average molecular weight is 291 g/mol. The number of nitrogens with zero attached hydrogens (tertiary/aromatic N) is 1. The molecule has 2 heterocycles. The van der Waals surface area contributed by atoms with E-state index in [1.54, 1.807) is 18.2 Å². The van der Waals surface area contributed by atoms with Gasteiger partial charge in [-0.25, -0.2) is 4.79 Å². The molecule has 2 aromatic rings. The van der Waals surface area contributed by atoms with Crippen molar-refractivity contribution in [1.29, 1.82) is 0 Å². The van der Waals surface area contributed by atoms with Crippen LogP contribution < -0.4 is 5.32 Å². The van der Waals surface area contributed by atoms with Crippen LogP contribution >= 0.6 is 0 Å². The number of H-pyrrole nitrogens is 1. The summed E-state index contributed by atoms with van der Waals surface area (Å²) in [6.07, 6.45) is -0.357. The Bertz CT molecular complexity index is 804. The fourth-order valence-electron chi connectivity index (χ4n) is 2.34. The zero-order chi connectivity index (χ0) is 18.4. The van der Waals surface area contributed by atoms with Gasteiger partial charge in [-0.1, -0.05) is 6.07 Å². The Morgan fingerprint density at radius 2 is 2.38 bits per heavy atom. The number of likely N-dealkylation sites (N-methyl/N-ethyl adjacent to an activating group) is 1. The Kier molecular flexibility index (Phi) is 2.71. The molecule has 0 bridgehead atoms. The first-order valence-corrected chi connectivity index (χ1v) is 6.86. The van der Waals surface area contributed by atoms with Crippen LogP contribution in [0.4, 0.5) is 4.79 Å². The molecule has 1 saturated heterocycles. The van der Waals surface area contributed by atoms with E-state index in [9.17, 15) is 4.79 Å². The van der Waals surface area contributed by atoms with Crippen LogP contribution in [0.1, 0.15) is 16.6 Å². The molecule has 1 aliphatic rings. The molecule has 2 N–H and O–H groups in total. The minimum absolute atomic E-state index is 0.297. The summed E-state index contributed by atoms with van der Waals surface area (Å²) < 4.78 is 36.9. The predicted molar refractivity (Wildman–Crippen MR) is 82.5 cm³/mol. The van der Waals surface area contributed by atoms with Crippen LogP contribution in [0, 0.1) is 0 Å². The highest BCUT2D eigenvalue weighted by molar-refractivity contribution is 5.84. The molecule has 0 radical (unpaired) electrons. The number of cyclic esters (lactones) is 1. The Morgan fingerprint density at radius 1 is 1.52 bits per heavy atom. The number of aromatic nitrogens is 1. The van der Waals surface area contributed by atoms with Gasteiger partial charge in [0.1, 0.15) is 6.56 Å². The van der Waals surface area contributed by atoms with Crippen LogP contribution in [-0.2, 0) is 17.5 Å². The van der Waals surface area contributed by atoms with Crippen molar-refractivity contribution in [2.24, 2.45) is 0 Å². The number of hydrogen-bond donors (Lipinski definition) is 2. The number of aromatic amines is 1. The van der Waals surface area contributed by atoms with Crippen LogP contribution in [0.2, 0.25) is 0 Å². The van der Waals surface area contributed by atoms with E-state index in [1.165, 1.54) is 0 Å². The van der Waals surface area contributed by atoms with Gasteiger partial charge in [0.05, 0.1) is 8.78 Å². The Labute approximate surface area is 129 Å². The van der Waals surface area contributed by atoms with Crippen molar-refractivity contribution < 1.29 is 15.0 Å². The first-order chi connectivity index (χ1) is 11.6. The molecule has 1 fully saturated rings. The maximum absolute atomic E-state index is 11.4. The molecular weight excluding hydrogens is 266 g/mol. The number of hydrogen-bond acceptors (Lipinski definition) is 3. The first kappa shape index (κ1) is 9.84. The molecule has 0 spiro atoms. The highest BCUT2D eigenvalue weighted by Crippen LogP contribution is 2.21. The lowest BCUT2D eigenvalue weighted by Crippen LogP contribution is -2.28. The van der Waals surface area contributed by atoms with Crippen molar-refractivity contribution in [3.63, 3.8) is 0 Å². The van der Waals surface area contributed by atoms with Crippen molar-refractivity contribution in [1.82, 2.24) is 15.2 Å². The number of carbonyl (C=O) groups is 1. The monoisotopic (exact) mass is 291 g/mol. The van der Waals surface area contributed by atoms with E-state index < -0.39 is 25.1 Å². The lowest BCUT2D eigenvalue weighted by molar-refractivity contribution is 0.177. The van der Waals surface area contributed by atoms with E-state index in [-0.39, 0.29) is 0 Å². The van der Waals surface area contributed by atoms with Crippen molar-refractivity contribution in [2.75, 3.05) is 27.2 Å². The zero-order valence-electron chi connectivity index (χ0n) is 16.1. The van der Waals surface area contributed by atoms with Gasteiger partial charge in [0.2, 0.25) is 0 Å². The Balaban J connectivity index is 1.97. The van der Waals surface area contributed by atoms with E-state index in [1.807, 2.05) is 20.3 Å². The lowest BCUT2D eigenvalue weighted by atomic mass is 10.0. The van der Waals surface area contributed by atoms with Gasteiger partial charge in [0, 0.05) is 26.4 Å². The normalized spacial score (nSPS) is 24.1. The van der Waals surface area contributed by atoms with Gasteiger partial charge >= 0.3 is 6.09 Å². The number of nitrogens with one attached hydrogen (secondary N) is 2. The maximum Gasteiger partial charge on any atom is 0.407 e. The van der Waals surface area contributed by atoms with Gasteiger partial charge in [0.25, 0.3) is 0 Å². The lowest BCUT2D eigenvalue weighted by Gasteiger charge is -2.09. The molecule has 1 amide bonds. The number of fused-ring (bicyclic) bond motifs is 1. The SMILES string of the molecule is [2H]C1([2H])OC(=O)N[C@H]1C([2H])([2H])c1ccc2[nH]cc(CCN(C)C)c2c1. The molecule has 0 aliphatic carbocycles. The summed E-state index contributed by atoms with van der Waals surface area (Å²) in [5.41, 5.74) is 2.25. The summed E-state index contributed by atoms with van der Waals surface area (Å²) >= 11 is 0. The van der Waals surface area contributed by atoms with Crippen LogP contribution in [0.3, 0.4) is 0 Å². The largest absolute Gasteiger partial charge is 0.447 e. The van der Waals surface area contributed by atoms with Gasteiger partial charge in [-0.2, -0.15) is 0 Å². The Morgan fingerprint density at radius 3 is 3.10 bits per heavy atom. The standard InChI is InChI=1S/C16H21N3O2/c1-19(2)6-5-12-9-17-15-4-3-11(8-14(12)15)7-13-10-21-16(20)18-13/h3-4,8-9,13,17H,5-7,10H2,1-2H3,(H,18,20)/t13-/m0/s1/i7D2,10D2. The Hall–Kier alpha value is -2.01. The van der Waals surface area contributed by atoms with Crippen molar-refractivity contribution in [3.05, 3.63) is 35.5 Å². The smallest absolute Gasteiger partial charge is 0.407 e. The number of alkyl carbamates (subject to hydrolysis) is 1. The molecule has 1 atom stereocenters. The molecule has 5 heteroatoms. The number of ether oxygens (including phenoxy) is 1. The molecular formula is C16H21N3O2. The fourth-order valence-corrected chi connectivity index (χ4v) is 2.34. The molecule has 21 heavy (non-hydrogen) atoms. The summed E-state index contributed by atoms with van der Waals surface area (Å²) in [5.74, 6) is 0. The van der Waals surface area contributed by atoms with E-state index in [0.717, 1.165) is 29.4 Å². The summed E-state index contributed by atoms with van der Waals surface area (Å²) in [6, 6.07) is 3.68. The van der Waals surface area contributed by atoms with Crippen molar-refractivity contribution >= 4 is 17.0 Å². The summed E-state index contributed by atoms with van der Waals surface area (Å²) in [4.78, 5) is 16.6. The second-order valence-corrected chi connectivity index (χ2v) is 5.36. The molecule has 112 valence electrons. The highest BCUT2D eigenvalue weighted by atomic mass is 16.6.